The minimum absolute atomic E-state index is 0.0834. The molecule has 1 saturated heterocycles. The van der Waals surface area contributed by atoms with Gasteiger partial charge in [-0.2, -0.15) is 0 Å². The van der Waals surface area contributed by atoms with E-state index in [0.717, 1.165) is 0 Å². The molecule has 0 aromatic rings. The molecule has 0 aromatic carbocycles. The summed E-state index contributed by atoms with van der Waals surface area (Å²) in [7, 11) is 1.79. The molecule has 6 nitrogen and oxygen atoms in total. The summed E-state index contributed by atoms with van der Waals surface area (Å²) in [5.41, 5.74) is 4.72. The van der Waals surface area contributed by atoms with E-state index in [2.05, 4.69) is 5.32 Å². The second kappa shape index (κ2) is 4.91. The van der Waals surface area contributed by atoms with Crippen molar-refractivity contribution in [1.29, 1.82) is 0 Å². The number of primary amides is 1. The van der Waals surface area contributed by atoms with Crippen LogP contribution in [0, 0.1) is 0 Å². The molecule has 1 aliphatic rings. The number of carbonyl (C=O) groups is 2. The summed E-state index contributed by atoms with van der Waals surface area (Å²) in [6.07, 6.45) is 0.0458. The number of hydrogen-bond donors (Lipinski definition) is 2. The molecule has 2 atom stereocenters. The fourth-order valence-corrected chi connectivity index (χ4v) is 1.84. The topological polar surface area (TPSA) is 84.7 Å². The molecule has 98 valence electrons. The Morgan fingerprint density at radius 1 is 1.41 bits per heavy atom. The van der Waals surface area contributed by atoms with Crippen LogP contribution in [0.5, 0.6) is 0 Å². The quantitative estimate of drug-likeness (QED) is 0.718. The van der Waals surface area contributed by atoms with Crippen LogP contribution in [-0.2, 0) is 9.53 Å². The zero-order valence-corrected chi connectivity index (χ0v) is 10.8. The van der Waals surface area contributed by atoms with Crippen molar-refractivity contribution in [2.45, 2.75) is 44.9 Å². The molecule has 2 amide bonds. The third-order valence-electron chi connectivity index (χ3n) is 2.67. The number of nitrogens with one attached hydrogen (secondary N) is 1. The van der Waals surface area contributed by atoms with Gasteiger partial charge in [0.25, 0.3) is 0 Å². The number of ether oxygens (including phenoxy) is 1. The van der Waals surface area contributed by atoms with Crippen LogP contribution < -0.4 is 11.1 Å². The summed E-state index contributed by atoms with van der Waals surface area (Å²) in [6.45, 7) is 5.81. The van der Waals surface area contributed by atoms with Crippen LogP contribution in [0.4, 0.5) is 4.79 Å². The Morgan fingerprint density at radius 3 is 2.41 bits per heavy atom. The highest BCUT2D eigenvalue weighted by molar-refractivity contribution is 5.85. The molecule has 17 heavy (non-hydrogen) atoms. The van der Waals surface area contributed by atoms with Crippen LogP contribution in [-0.4, -0.2) is 48.2 Å². The van der Waals surface area contributed by atoms with Crippen molar-refractivity contribution in [3.05, 3.63) is 0 Å². The molecule has 0 bridgehead atoms. The summed E-state index contributed by atoms with van der Waals surface area (Å²) in [4.78, 5) is 24.6. The standard InChI is InChI=1S/C11H21N3O3/c1-11(2,3)17-10(16)14-6-7(13-4)5-8(14)9(12)15/h7-8,13H,5-6H2,1-4H3,(H2,12,15)/t7-,8?/m1/s1. The lowest BCUT2D eigenvalue weighted by Gasteiger charge is -2.27. The van der Waals surface area contributed by atoms with E-state index in [1.807, 2.05) is 0 Å². The molecule has 0 aromatic heterocycles. The maximum Gasteiger partial charge on any atom is 0.411 e. The number of rotatable bonds is 2. The largest absolute Gasteiger partial charge is 0.444 e. The Balaban J connectivity index is 2.73. The first kappa shape index (κ1) is 13.8. The van der Waals surface area contributed by atoms with Gasteiger partial charge in [0, 0.05) is 12.6 Å². The fourth-order valence-electron chi connectivity index (χ4n) is 1.84. The first-order chi connectivity index (χ1) is 7.74. The number of hydrogen-bond acceptors (Lipinski definition) is 4. The fraction of sp³-hybridized carbons (Fsp3) is 0.818. The average molecular weight is 243 g/mol. The predicted octanol–water partition coefficient (Wildman–Crippen LogP) is 0.0691. The van der Waals surface area contributed by atoms with Crippen molar-refractivity contribution < 1.29 is 14.3 Å². The first-order valence-electron chi connectivity index (χ1n) is 5.71. The Hall–Kier alpha value is -1.30. The van der Waals surface area contributed by atoms with Crippen molar-refractivity contribution in [3.8, 4) is 0 Å². The van der Waals surface area contributed by atoms with Gasteiger partial charge in [0.2, 0.25) is 5.91 Å². The molecule has 0 radical (unpaired) electrons. The monoisotopic (exact) mass is 243 g/mol. The normalized spacial score (nSPS) is 24.8. The molecule has 0 saturated carbocycles. The number of nitrogens with two attached hydrogens (primary N) is 1. The minimum atomic E-state index is -0.581. The SMILES string of the molecule is CN[C@@H]1CC(C(N)=O)N(C(=O)OC(C)(C)C)C1. The van der Waals surface area contributed by atoms with Gasteiger partial charge < -0.3 is 15.8 Å². The number of carbonyl (C=O) groups excluding carboxylic acids is 2. The lowest BCUT2D eigenvalue weighted by atomic mass is 10.1. The van der Waals surface area contributed by atoms with E-state index >= 15 is 0 Å². The van der Waals surface area contributed by atoms with Crippen molar-refractivity contribution in [1.82, 2.24) is 10.2 Å². The maximum atomic E-state index is 11.9. The molecule has 6 heteroatoms. The molecule has 1 unspecified atom stereocenters. The van der Waals surface area contributed by atoms with Gasteiger partial charge in [0.05, 0.1) is 0 Å². The Morgan fingerprint density at radius 2 is 2.00 bits per heavy atom. The average Bonchev–Trinajstić information content (AvgIpc) is 2.58. The van der Waals surface area contributed by atoms with E-state index in [4.69, 9.17) is 10.5 Å². The van der Waals surface area contributed by atoms with Crippen molar-refractivity contribution in [3.63, 3.8) is 0 Å². The molecule has 1 aliphatic heterocycles. The van der Waals surface area contributed by atoms with Crippen LogP contribution in [0.25, 0.3) is 0 Å². The van der Waals surface area contributed by atoms with E-state index in [1.54, 1.807) is 27.8 Å². The third kappa shape index (κ3) is 3.59. The van der Waals surface area contributed by atoms with Gasteiger partial charge in [0.15, 0.2) is 0 Å². The van der Waals surface area contributed by atoms with Crippen LogP contribution in [0.15, 0.2) is 0 Å². The zero-order chi connectivity index (χ0) is 13.2. The minimum Gasteiger partial charge on any atom is -0.444 e. The lowest BCUT2D eigenvalue weighted by molar-refractivity contribution is -0.122. The van der Waals surface area contributed by atoms with Gasteiger partial charge in [-0.1, -0.05) is 0 Å². The maximum absolute atomic E-state index is 11.9. The first-order valence-corrected chi connectivity index (χ1v) is 5.71. The summed E-state index contributed by atoms with van der Waals surface area (Å²) in [5.74, 6) is -0.492. The highest BCUT2D eigenvalue weighted by Gasteiger charge is 2.39. The van der Waals surface area contributed by atoms with Crippen molar-refractivity contribution in [2.24, 2.45) is 5.73 Å². The second-order valence-electron chi connectivity index (χ2n) is 5.27. The van der Waals surface area contributed by atoms with E-state index in [0.29, 0.717) is 13.0 Å². The lowest BCUT2D eigenvalue weighted by Crippen LogP contribution is -2.46. The number of likely N-dealkylation sites (tertiary alicyclic amines) is 1. The van der Waals surface area contributed by atoms with Gasteiger partial charge in [-0.3, -0.25) is 9.69 Å². The van der Waals surface area contributed by atoms with Crippen LogP contribution in [0.1, 0.15) is 27.2 Å². The molecule has 0 spiro atoms. The molecule has 1 rings (SSSR count). The van der Waals surface area contributed by atoms with Crippen LogP contribution >= 0.6 is 0 Å². The molecular formula is C11H21N3O3. The number of likely N-dealkylation sites (N-methyl/N-ethyl adjacent to an activating group) is 1. The molecular weight excluding hydrogens is 222 g/mol. The summed E-state index contributed by atoms with van der Waals surface area (Å²) < 4.78 is 5.25. The second-order valence-corrected chi connectivity index (χ2v) is 5.27. The highest BCUT2D eigenvalue weighted by Crippen LogP contribution is 2.20. The summed E-state index contributed by atoms with van der Waals surface area (Å²) in [5, 5.41) is 3.04. The van der Waals surface area contributed by atoms with E-state index in [-0.39, 0.29) is 6.04 Å². The molecule has 3 N–H and O–H groups in total. The third-order valence-corrected chi connectivity index (χ3v) is 2.67. The smallest absolute Gasteiger partial charge is 0.411 e. The van der Waals surface area contributed by atoms with E-state index in [9.17, 15) is 9.59 Å². The Kier molecular flexibility index (Phi) is 3.98. The molecule has 1 fully saturated rings. The molecule has 0 aliphatic carbocycles. The van der Waals surface area contributed by atoms with Crippen LogP contribution in [0.3, 0.4) is 0 Å². The number of nitrogens with zero attached hydrogens (tertiary/aromatic N) is 1. The zero-order valence-electron chi connectivity index (χ0n) is 10.8. The predicted molar refractivity (Wildman–Crippen MR) is 63.4 cm³/mol. The van der Waals surface area contributed by atoms with Gasteiger partial charge in [-0.15, -0.1) is 0 Å². The van der Waals surface area contributed by atoms with E-state index in [1.165, 1.54) is 4.90 Å². The van der Waals surface area contributed by atoms with Gasteiger partial charge in [-0.05, 0) is 34.2 Å². The van der Waals surface area contributed by atoms with Crippen molar-refractivity contribution in [2.75, 3.05) is 13.6 Å². The number of amides is 2. The summed E-state index contributed by atoms with van der Waals surface area (Å²) >= 11 is 0. The van der Waals surface area contributed by atoms with Gasteiger partial charge in [0.1, 0.15) is 11.6 Å². The van der Waals surface area contributed by atoms with Crippen molar-refractivity contribution >= 4 is 12.0 Å². The van der Waals surface area contributed by atoms with E-state index < -0.39 is 23.6 Å². The van der Waals surface area contributed by atoms with Gasteiger partial charge >= 0.3 is 6.09 Å². The van der Waals surface area contributed by atoms with Gasteiger partial charge in [-0.25, -0.2) is 4.79 Å². The van der Waals surface area contributed by atoms with Crippen LogP contribution in [0.2, 0.25) is 0 Å². The summed E-state index contributed by atoms with van der Waals surface area (Å²) in [6, 6.07) is -0.498. The Bertz CT molecular complexity index is 312. The Labute approximate surface area is 101 Å². The molecule has 1 heterocycles. The highest BCUT2D eigenvalue weighted by atomic mass is 16.6.